The molecule has 3 aromatic rings. The number of ether oxygens (including phenoxy) is 1. The van der Waals surface area contributed by atoms with Crippen LogP contribution in [0.2, 0.25) is 0 Å². The fraction of sp³-hybridized carbons (Fsp3) is 0.267. The maximum atomic E-state index is 13.3. The molecule has 5 nitrogen and oxygen atoms in total. The predicted molar refractivity (Wildman–Crippen MR) is 140 cm³/mol. The van der Waals surface area contributed by atoms with Crippen LogP contribution in [-0.4, -0.2) is 36.5 Å². The van der Waals surface area contributed by atoms with E-state index >= 15 is 0 Å². The van der Waals surface area contributed by atoms with Crippen LogP contribution in [0.25, 0.3) is 0 Å². The molecule has 0 unspecified atom stereocenters. The van der Waals surface area contributed by atoms with Gasteiger partial charge in [0.05, 0.1) is 7.11 Å². The van der Waals surface area contributed by atoms with Crippen molar-refractivity contribution in [3.63, 3.8) is 0 Å². The van der Waals surface area contributed by atoms with Crippen molar-refractivity contribution in [3.05, 3.63) is 120 Å². The van der Waals surface area contributed by atoms with Gasteiger partial charge in [0, 0.05) is 31.5 Å². The summed E-state index contributed by atoms with van der Waals surface area (Å²) in [6.45, 7) is 6.70. The van der Waals surface area contributed by atoms with Crippen molar-refractivity contribution >= 4 is 11.9 Å². The highest BCUT2D eigenvalue weighted by Crippen LogP contribution is 2.33. The molecule has 0 saturated carbocycles. The Labute approximate surface area is 208 Å². The fourth-order valence-corrected chi connectivity index (χ4v) is 4.34. The van der Waals surface area contributed by atoms with Crippen molar-refractivity contribution in [2.75, 3.05) is 13.7 Å². The van der Waals surface area contributed by atoms with Gasteiger partial charge in [-0.1, -0.05) is 97.1 Å². The summed E-state index contributed by atoms with van der Waals surface area (Å²) < 4.78 is 4.98. The van der Waals surface area contributed by atoms with Gasteiger partial charge in [-0.2, -0.15) is 0 Å². The van der Waals surface area contributed by atoms with Gasteiger partial charge in [-0.05, 0) is 23.6 Å². The van der Waals surface area contributed by atoms with Crippen LogP contribution in [0.1, 0.15) is 42.1 Å². The smallest absolute Gasteiger partial charge is 0.328 e. The largest absolute Gasteiger partial charge is 0.467 e. The molecule has 182 valence electrons. The van der Waals surface area contributed by atoms with Crippen LogP contribution in [0.5, 0.6) is 0 Å². The monoisotopic (exact) mass is 470 g/mol. The zero-order valence-corrected chi connectivity index (χ0v) is 20.5. The third kappa shape index (κ3) is 7.39. The third-order valence-corrected chi connectivity index (χ3v) is 6.19. The minimum Gasteiger partial charge on any atom is -0.467 e. The highest BCUT2D eigenvalue weighted by atomic mass is 16.5. The molecule has 1 amide bonds. The molecule has 0 fully saturated rings. The van der Waals surface area contributed by atoms with Crippen molar-refractivity contribution < 1.29 is 14.3 Å². The van der Waals surface area contributed by atoms with E-state index in [1.165, 1.54) is 7.11 Å². The molecule has 0 aliphatic heterocycles. The van der Waals surface area contributed by atoms with Crippen LogP contribution in [0.4, 0.5) is 0 Å². The van der Waals surface area contributed by atoms with Crippen molar-refractivity contribution in [2.45, 2.75) is 37.9 Å². The summed E-state index contributed by atoms with van der Waals surface area (Å²) in [6.07, 6.45) is 2.42. The summed E-state index contributed by atoms with van der Waals surface area (Å²) >= 11 is 0. The molecule has 3 rings (SSSR count). The molecule has 0 spiro atoms. The van der Waals surface area contributed by atoms with E-state index in [1.807, 2.05) is 84.9 Å². The molecule has 0 aliphatic carbocycles. The fourth-order valence-electron chi connectivity index (χ4n) is 4.34. The van der Waals surface area contributed by atoms with Gasteiger partial charge in [-0.3, -0.25) is 9.69 Å². The van der Waals surface area contributed by atoms with Crippen LogP contribution < -0.4 is 5.32 Å². The van der Waals surface area contributed by atoms with E-state index in [4.69, 9.17) is 4.74 Å². The molecule has 3 atom stereocenters. The molecular weight excluding hydrogens is 436 g/mol. The quantitative estimate of drug-likeness (QED) is 0.289. The van der Waals surface area contributed by atoms with E-state index in [9.17, 15) is 9.59 Å². The molecule has 0 bridgehead atoms. The van der Waals surface area contributed by atoms with Gasteiger partial charge in [0.1, 0.15) is 6.04 Å². The first-order chi connectivity index (χ1) is 17.0. The highest BCUT2D eigenvalue weighted by molar-refractivity contribution is 5.85. The van der Waals surface area contributed by atoms with E-state index in [0.717, 1.165) is 16.7 Å². The first-order valence-electron chi connectivity index (χ1n) is 11.9. The number of hydrogen-bond donors (Lipinski definition) is 1. The predicted octanol–water partition coefficient (Wildman–Crippen LogP) is 5.27. The average molecular weight is 471 g/mol. The maximum absolute atomic E-state index is 13.3. The zero-order valence-electron chi connectivity index (χ0n) is 20.5. The van der Waals surface area contributed by atoms with Crippen molar-refractivity contribution in [2.24, 2.45) is 0 Å². The maximum Gasteiger partial charge on any atom is 0.328 e. The van der Waals surface area contributed by atoms with Crippen molar-refractivity contribution in [1.29, 1.82) is 0 Å². The van der Waals surface area contributed by atoms with E-state index in [-0.39, 0.29) is 24.4 Å². The van der Waals surface area contributed by atoms with Crippen LogP contribution in [0.15, 0.2) is 104 Å². The molecule has 3 aromatic carbocycles. The molecule has 35 heavy (non-hydrogen) atoms. The van der Waals surface area contributed by atoms with Crippen LogP contribution in [-0.2, 0) is 20.7 Å². The number of carbonyl (C=O) groups excluding carboxylic acids is 2. The number of nitrogens with one attached hydrogen (secondary N) is 1. The highest BCUT2D eigenvalue weighted by Gasteiger charge is 2.29. The Morgan fingerprint density at radius 2 is 1.46 bits per heavy atom. The Morgan fingerprint density at radius 1 is 0.914 bits per heavy atom. The lowest BCUT2D eigenvalue weighted by molar-refractivity contribution is -0.145. The second-order valence-electron chi connectivity index (χ2n) is 8.54. The summed E-state index contributed by atoms with van der Waals surface area (Å²) in [5.74, 6) is -0.668. The molecule has 5 heteroatoms. The standard InChI is InChI=1S/C30H34N2O3/c1-4-20-32(23(2)25-16-10-6-11-17-25)28(26-18-12-7-13-19-26)22-29(33)31-27(30(34)35-3)21-24-14-8-5-9-15-24/h4-19,23,27-28H,1,20-22H2,2-3H3,(H,31,33)/t23-,27+,28+/m1/s1. The first-order valence-corrected chi connectivity index (χ1v) is 11.9. The van der Waals surface area contributed by atoms with Gasteiger partial charge in [-0.25, -0.2) is 4.79 Å². The Bertz CT molecular complexity index is 1070. The third-order valence-electron chi connectivity index (χ3n) is 6.19. The Balaban J connectivity index is 1.85. The number of amides is 1. The van der Waals surface area contributed by atoms with Gasteiger partial charge in [0.2, 0.25) is 5.91 Å². The van der Waals surface area contributed by atoms with Crippen LogP contribution in [0.3, 0.4) is 0 Å². The molecule has 0 radical (unpaired) electrons. The van der Waals surface area contributed by atoms with E-state index in [2.05, 4.69) is 35.9 Å². The molecule has 1 N–H and O–H groups in total. The van der Waals surface area contributed by atoms with Crippen molar-refractivity contribution in [1.82, 2.24) is 10.2 Å². The SMILES string of the molecule is C=CCN([C@H](C)c1ccccc1)[C@@H](CC(=O)N[C@@H](Cc1ccccc1)C(=O)OC)c1ccccc1. The topological polar surface area (TPSA) is 58.6 Å². The number of hydrogen-bond acceptors (Lipinski definition) is 4. The van der Waals surface area contributed by atoms with Crippen molar-refractivity contribution in [3.8, 4) is 0 Å². The summed E-state index contributed by atoms with van der Waals surface area (Å²) in [4.78, 5) is 28.1. The van der Waals surface area contributed by atoms with Gasteiger partial charge >= 0.3 is 5.97 Å². The normalized spacial score (nSPS) is 13.5. The van der Waals surface area contributed by atoms with Gasteiger partial charge in [0.15, 0.2) is 0 Å². The minimum absolute atomic E-state index is 0.0490. The lowest BCUT2D eigenvalue weighted by atomic mass is 9.97. The Hall–Kier alpha value is -3.70. The van der Waals surface area contributed by atoms with Gasteiger partial charge in [-0.15, -0.1) is 6.58 Å². The number of rotatable bonds is 12. The first kappa shape index (κ1) is 25.9. The number of benzene rings is 3. The van der Waals surface area contributed by atoms with E-state index in [0.29, 0.717) is 13.0 Å². The molecule has 0 heterocycles. The number of esters is 1. The van der Waals surface area contributed by atoms with Crippen LogP contribution >= 0.6 is 0 Å². The van der Waals surface area contributed by atoms with Gasteiger partial charge in [0.25, 0.3) is 0 Å². The Morgan fingerprint density at radius 3 is 2.00 bits per heavy atom. The number of carbonyl (C=O) groups is 2. The number of nitrogens with zero attached hydrogens (tertiary/aromatic N) is 1. The molecule has 0 aromatic heterocycles. The average Bonchev–Trinajstić information content (AvgIpc) is 2.91. The summed E-state index contributed by atoms with van der Waals surface area (Å²) in [7, 11) is 1.34. The lowest BCUT2D eigenvalue weighted by Gasteiger charge is -2.36. The Kier molecular flexibility index (Phi) is 9.81. The molecule has 0 saturated heterocycles. The summed E-state index contributed by atoms with van der Waals surface area (Å²) in [5.41, 5.74) is 3.14. The summed E-state index contributed by atoms with van der Waals surface area (Å²) in [5, 5.41) is 2.93. The number of methoxy groups -OCH3 is 1. The second-order valence-corrected chi connectivity index (χ2v) is 8.54. The van der Waals surface area contributed by atoms with Crippen LogP contribution in [0, 0.1) is 0 Å². The van der Waals surface area contributed by atoms with E-state index < -0.39 is 12.0 Å². The summed E-state index contributed by atoms with van der Waals surface area (Å²) in [6, 6.07) is 28.9. The lowest BCUT2D eigenvalue weighted by Crippen LogP contribution is -2.44. The second kappa shape index (κ2) is 13.3. The molecular formula is C30H34N2O3. The minimum atomic E-state index is -0.759. The van der Waals surface area contributed by atoms with Gasteiger partial charge < -0.3 is 10.1 Å². The zero-order chi connectivity index (χ0) is 25.0. The van der Waals surface area contributed by atoms with E-state index in [1.54, 1.807) is 0 Å². The molecule has 0 aliphatic rings.